The molecule has 2 heterocycles. The standard InChI is InChI=1S/C14H14N2OS/c17-14(16-8-10-5-6-15-7-10)12-9-18-13-4-2-1-3-11(12)13/h1-7,12,15H,8-9H2,(H,16,17). The van der Waals surface area contributed by atoms with Gasteiger partial charge in [-0.25, -0.2) is 0 Å². The summed E-state index contributed by atoms with van der Waals surface area (Å²) in [5, 5.41) is 3.00. The molecule has 18 heavy (non-hydrogen) atoms. The molecule has 1 unspecified atom stereocenters. The molecule has 0 saturated heterocycles. The molecule has 1 amide bonds. The molecule has 1 aliphatic rings. The first-order chi connectivity index (χ1) is 8.84. The van der Waals surface area contributed by atoms with Gasteiger partial charge >= 0.3 is 0 Å². The molecule has 1 aliphatic heterocycles. The van der Waals surface area contributed by atoms with Crippen LogP contribution in [-0.2, 0) is 11.3 Å². The lowest BCUT2D eigenvalue weighted by atomic mass is 10.0. The van der Waals surface area contributed by atoms with Crippen LogP contribution in [-0.4, -0.2) is 16.6 Å². The van der Waals surface area contributed by atoms with Crippen LogP contribution in [0.5, 0.6) is 0 Å². The van der Waals surface area contributed by atoms with Gasteiger partial charge in [-0.3, -0.25) is 4.79 Å². The van der Waals surface area contributed by atoms with E-state index in [0.29, 0.717) is 6.54 Å². The number of carbonyl (C=O) groups excluding carboxylic acids is 1. The number of aromatic amines is 1. The molecule has 3 rings (SSSR count). The molecule has 0 radical (unpaired) electrons. The van der Waals surface area contributed by atoms with Crippen molar-refractivity contribution in [3.05, 3.63) is 53.9 Å². The van der Waals surface area contributed by atoms with Crippen molar-refractivity contribution in [2.24, 2.45) is 0 Å². The molecule has 1 atom stereocenters. The largest absolute Gasteiger partial charge is 0.367 e. The Kier molecular flexibility index (Phi) is 3.11. The number of fused-ring (bicyclic) bond motifs is 1. The summed E-state index contributed by atoms with van der Waals surface area (Å²) in [7, 11) is 0. The highest BCUT2D eigenvalue weighted by Crippen LogP contribution is 2.39. The van der Waals surface area contributed by atoms with Crippen molar-refractivity contribution < 1.29 is 4.79 Å². The van der Waals surface area contributed by atoms with Gasteiger partial charge < -0.3 is 10.3 Å². The number of aromatic nitrogens is 1. The van der Waals surface area contributed by atoms with E-state index in [2.05, 4.69) is 22.4 Å². The van der Waals surface area contributed by atoms with E-state index < -0.39 is 0 Å². The summed E-state index contributed by atoms with van der Waals surface area (Å²) in [6.45, 7) is 0.589. The van der Waals surface area contributed by atoms with E-state index in [0.717, 1.165) is 16.9 Å². The Balaban J connectivity index is 1.67. The van der Waals surface area contributed by atoms with Crippen molar-refractivity contribution in [2.45, 2.75) is 17.4 Å². The maximum absolute atomic E-state index is 12.2. The number of hydrogen-bond donors (Lipinski definition) is 2. The van der Waals surface area contributed by atoms with Gasteiger partial charge in [-0.2, -0.15) is 0 Å². The number of thioether (sulfide) groups is 1. The quantitative estimate of drug-likeness (QED) is 0.888. The Hall–Kier alpha value is -1.68. The van der Waals surface area contributed by atoms with Crippen LogP contribution in [0.15, 0.2) is 47.6 Å². The smallest absolute Gasteiger partial charge is 0.228 e. The minimum absolute atomic E-state index is 0.00913. The number of nitrogens with one attached hydrogen (secondary N) is 2. The maximum Gasteiger partial charge on any atom is 0.228 e. The molecule has 2 N–H and O–H groups in total. The zero-order valence-electron chi connectivity index (χ0n) is 9.85. The Labute approximate surface area is 110 Å². The monoisotopic (exact) mass is 258 g/mol. The molecule has 92 valence electrons. The minimum atomic E-state index is -0.00913. The number of hydrogen-bond acceptors (Lipinski definition) is 2. The third-order valence-corrected chi connectivity index (χ3v) is 4.33. The van der Waals surface area contributed by atoms with Gasteiger partial charge in [0.25, 0.3) is 0 Å². The fraction of sp³-hybridized carbons (Fsp3) is 0.214. The van der Waals surface area contributed by atoms with E-state index >= 15 is 0 Å². The first kappa shape index (κ1) is 11.4. The summed E-state index contributed by atoms with van der Waals surface area (Å²) in [5.41, 5.74) is 2.26. The normalized spacial score (nSPS) is 17.4. The number of rotatable bonds is 3. The molecule has 1 aromatic heterocycles. The van der Waals surface area contributed by atoms with Crippen LogP contribution in [0.4, 0.5) is 0 Å². The second-order valence-corrected chi connectivity index (χ2v) is 5.40. The van der Waals surface area contributed by atoms with E-state index in [9.17, 15) is 4.79 Å². The summed E-state index contributed by atoms with van der Waals surface area (Å²) in [6.07, 6.45) is 3.76. The molecule has 0 saturated carbocycles. The van der Waals surface area contributed by atoms with Crippen molar-refractivity contribution in [3.63, 3.8) is 0 Å². The van der Waals surface area contributed by atoms with Gasteiger partial charge in [-0.05, 0) is 23.3 Å². The predicted molar refractivity (Wildman–Crippen MR) is 72.5 cm³/mol. The van der Waals surface area contributed by atoms with Gasteiger partial charge in [0.05, 0.1) is 5.92 Å². The second kappa shape index (κ2) is 4.90. The van der Waals surface area contributed by atoms with Gasteiger partial charge in [-0.1, -0.05) is 18.2 Å². The van der Waals surface area contributed by atoms with E-state index in [1.165, 1.54) is 4.90 Å². The second-order valence-electron chi connectivity index (χ2n) is 4.34. The van der Waals surface area contributed by atoms with Crippen LogP contribution in [0.3, 0.4) is 0 Å². The molecular formula is C14H14N2OS. The average Bonchev–Trinajstić information content (AvgIpc) is 3.05. The Bertz CT molecular complexity index is 551. The molecule has 0 spiro atoms. The highest BCUT2D eigenvalue weighted by Gasteiger charge is 2.28. The van der Waals surface area contributed by atoms with Crippen molar-refractivity contribution in [2.75, 3.05) is 5.75 Å². The topological polar surface area (TPSA) is 44.9 Å². The van der Waals surface area contributed by atoms with Gasteiger partial charge in [0.15, 0.2) is 0 Å². The van der Waals surface area contributed by atoms with Gasteiger partial charge in [0.2, 0.25) is 5.91 Å². The molecule has 2 aromatic rings. The molecule has 3 nitrogen and oxygen atoms in total. The number of H-pyrrole nitrogens is 1. The molecule has 4 heteroatoms. The number of carbonyl (C=O) groups is 1. The van der Waals surface area contributed by atoms with E-state index in [1.54, 1.807) is 11.8 Å². The first-order valence-corrected chi connectivity index (χ1v) is 6.94. The lowest BCUT2D eigenvalue weighted by molar-refractivity contribution is -0.122. The Morgan fingerprint density at radius 2 is 2.28 bits per heavy atom. The van der Waals surface area contributed by atoms with Crippen LogP contribution < -0.4 is 5.32 Å². The van der Waals surface area contributed by atoms with Crippen LogP contribution in [0.25, 0.3) is 0 Å². The number of benzene rings is 1. The third-order valence-electron chi connectivity index (χ3n) is 3.15. The van der Waals surface area contributed by atoms with Gasteiger partial charge in [0.1, 0.15) is 0 Å². The van der Waals surface area contributed by atoms with Crippen LogP contribution in [0.1, 0.15) is 17.0 Å². The average molecular weight is 258 g/mol. The van der Waals surface area contributed by atoms with Crippen molar-refractivity contribution in [1.29, 1.82) is 0 Å². The first-order valence-electron chi connectivity index (χ1n) is 5.96. The van der Waals surface area contributed by atoms with Gasteiger partial charge in [0, 0.05) is 29.6 Å². The zero-order chi connectivity index (χ0) is 12.4. The SMILES string of the molecule is O=C(NCc1cc[nH]c1)C1CSc2ccccc21. The van der Waals surface area contributed by atoms with Crippen molar-refractivity contribution in [3.8, 4) is 0 Å². The fourth-order valence-corrected chi connectivity index (χ4v) is 3.39. The lowest BCUT2D eigenvalue weighted by Crippen LogP contribution is -2.28. The summed E-state index contributed by atoms with van der Waals surface area (Å²) in [5.74, 6) is 0.956. The van der Waals surface area contributed by atoms with E-state index in [1.807, 2.05) is 30.6 Å². The molecule has 0 fully saturated rings. The van der Waals surface area contributed by atoms with Crippen LogP contribution in [0, 0.1) is 0 Å². The van der Waals surface area contributed by atoms with Crippen LogP contribution in [0.2, 0.25) is 0 Å². The zero-order valence-corrected chi connectivity index (χ0v) is 10.7. The molecule has 1 aromatic carbocycles. The molecule has 0 bridgehead atoms. The maximum atomic E-state index is 12.2. The fourth-order valence-electron chi connectivity index (χ4n) is 2.16. The van der Waals surface area contributed by atoms with Crippen molar-refractivity contribution >= 4 is 17.7 Å². The Morgan fingerprint density at radius 1 is 1.39 bits per heavy atom. The van der Waals surface area contributed by atoms with Crippen molar-refractivity contribution in [1.82, 2.24) is 10.3 Å². The molecule has 0 aliphatic carbocycles. The summed E-state index contributed by atoms with van der Waals surface area (Å²) in [4.78, 5) is 16.4. The number of amides is 1. The highest BCUT2D eigenvalue weighted by molar-refractivity contribution is 7.99. The van der Waals surface area contributed by atoms with E-state index in [4.69, 9.17) is 0 Å². The Morgan fingerprint density at radius 3 is 3.11 bits per heavy atom. The summed E-state index contributed by atoms with van der Waals surface area (Å²) >= 11 is 1.76. The van der Waals surface area contributed by atoms with Gasteiger partial charge in [-0.15, -0.1) is 11.8 Å². The predicted octanol–water partition coefficient (Wildman–Crippen LogP) is 2.52. The van der Waals surface area contributed by atoms with Crippen LogP contribution >= 0.6 is 11.8 Å². The summed E-state index contributed by atoms with van der Waals surface area (Å²) in [6, 6.07) is 10.1. The summed E-state index contributed by atoms with van der Waals surface area (Å²) < 4.78 is 0. The molecular weight excluding hydrogens is 244 g/mol. The van der Waals surface area contributed by atoms with E-state index in [-0.39, 0.29) is 11.8 Å². The third kappa shape index (κ3) is 2.16. The lowest BCUT2D eigenvalue weighted by Gasteiger charge is -2.10. The highest BCUT2D eigenvalue weighted by atomic mass is 32.2. The minimum Gasteiger partial charge on any atom is -0.367 e.